The Morgan fingerprint density at radius 1 is 0.935 bits per heavy atom. The molecular formula is C36H50F3NO6. The number of esters is 3. The lowest BCUT2D eigenvalue weighted by Crippen LogP contribution is -2.63. The molecule has 11 atom stereocenters. The number of alkyl halides is 3. The van der Waals surface area contributed by atoms with E-state index in [1.165, 1.54) is 33.8 Å². The maximum Gasteiger partial charge on any atom is 0.433 e. The summed E-state index contributed by atoms with van der Waals surface area (Å²) in [6, 6.07) is 3.18. The Kier molecular flexibility index (Phi) is 9.61. The molecule has 1 aromatic rings. The van der Waals surface area contributed by atoms with Crippen molar-refractivity contribution in [3.63, 3.8) is 0 Å². The predicted molar refractivity (Wildman–Crippen MR) is 164 cm³/mol. The number of carbonyl (C=O) groups is 3. The van der Waals surface area contributed by atoms with Crippen LogP contribution < -0.4 is 0 Å². The molecule has 0 aliphatic heterocycles. The number of rotatable bonds is 7. The Bertz CT molecular complexity index is 1330. The molecule has 0 radical (unpaired) electrons. The summed E-state index contributed by atoms with van der Waals surface area (Å²) in [5.41, 5.74) is -0.770. The topological polar surface area (TPSA) is 91.8 Å². The predicted octanol–water partition coefficient (Wildman–Crippen LogP) is 7.65. The molecule has 256 valence electrons. The molecule has 0 bridgehead atoms. The van der Waals surface area contributed by atoms with Gasteiger partial charge in [0.25, 0.3) is 0 Å². The summed E-state index contributed by atoms with van der Waals surface area (Å²) in [6.45, 7) is 12.5. The van der Waals surface area contributed by atoms with Crippen LogP contribution in [0.25, 0.3) is 0 Å². The summed E-state index contributed by atoms with van der Waals surface area (Å²) >= 11 is 0. The van der Waals surface area contributed by atoms with Crippen LogP contribution in [-0.2, 0) is 41.2 Å². The number of carbonyl (C=O) groups excluding carboxylic acids is 3. The van der Waals surface area contributed by atoms with Crippen molar-refractivity contribution in [2.45, 2.75) is 131 Å². The van der Waals surface area contributed by atoms with Gasteiger partial charge in [-0.25, -0.2) is 4.98 Å². The van der Waals surface area contributed by atoms with Crippen LogP contribution in [0.1, 0.15) is 110 Å². The van der Waals surface area contributed by atoms with Crippen molar-refractivity contribution < 1.29 is 41.8 Å². The van der Waals surface area contributed by atoms with Gasteiger partial charge in [0, 0.05) is 37.8 Å². The smallest absolute Gasteiger partial charge is 0.433 e. The van der Waals surface area contributed by atoms with Gasteiger partial charge in [-0.1, -0.05) is 26.8 Å². The van der Waals surface area contributed by atoms with E-state index in [1.54, 1.807) is 6.07 Å². The Hall–Kier alpha value is -2.65. The Morgan fingerprint density at radius 2 is 1.61 bits per heavy atom. The van der Waals surface area contributed by atoms with Crippen LogP contribution in [0.5, 0.6) is 0 Å². The van der Waals surface area contributed by atoms with Crippen LogP contribution in [-0.4, -0.2) is 41.2 Å². The van der Waals surface area contributed by atoms with Gasteiger partial charge >= 0.3 is 24.1 Å². The van der Waals surface area contributed by atoms with Crippen molar-refractivity contribution in [3.05, 3.63) is 29.1 Å². The van der Waals surface area contributed by atoms with Gasteiger partial charge in [0.1, 0.15) is 24.0 Å². The van der Waals surface area contributed by atoms with Crippen LogP contribution in [0.3, 0.4) is 0 Å². The zero-order chi connectivity index (χ0) is 33.8. The maximum atomic E-state index is 13.5. The fraction of sp³-hybridized carbons (Fsp3) is 0.778. The van der Waals surface area contributed by atoms with Gasteiger partial charge in [0.15, 0.2) is 0 Å². The van der Waals surface area contributed by atoms with Gasteiger partial charge in [-0.3, -0.25) is 14.4 Å². The molecule has 4 aliphatic carbocycles. The summed E-state index contributed by atoms with van der Waals surface area (Å²) < 4.78 is 58.7. The van der Waals surface area contributed by atoms with Crippen LogP contribution in [0.4, 0.5) is 13.2 Å². The quantitative estimate of drug-likeness (QED) is 0.221. The molecule has 4 fully saturated rings. The van der Waals surface area contributed by atoms with E-state index in [0.29, 0.717) is 31.4 Å². The molecule has 1 unspecified atom stereocenters. The molecule has 1 aromatic heterocycles. The lowest BCUT2D eigenvalue weighted by atomic mass is 9.43. The van der Waals surface area contributed by atoms with Crippen molar-refractivity contribution in [2.75, 3.05) is 0 Å². The van der Waals surface area contributed by atoms with E-state index in [4.69, 9.17) is 14.2 Å². The van der Waals surface area contributed by atoms with Crippen molar-refractivity contribution >= 4 is 17.9 Å². The second-order valence-corrected chi connectivity index (χ2v) is 15.2. The molecule has 0 saturated heterocycles. The Morgan fingerprint density at radius 3 is 2.24 bits per heavy atom. The number of hydrogen-bond acceptors (Lipinski definition) is 7. The first kappa shape index (κ1) is 34.7. The van der Waals surface area contributed by atoms with E-state index in [1.807, 2.05) is 0 Å². The highest BCUT2D eigenvalue weighted by Gasteiger charge is 2.67. The summed E-state index contributed by atoms with van der Waals surface area (Å²) in [7, 11) is 0. The molecular weight excluding hydrogens is 599 g/mol. The van der Waals surface area contributed by atoms with E-state index in [9.17, 15) is 27.6 Å². The van der Waals surface area contributed by atoms with Crippen molar-refractivity contribution in [1.82, 2.24) is 4.98 Å². The number of nitrogens with zero attached hydrogens (tertiary/aromatic N) is 1. The number of halogens is 3. The standard InChI is InChI=1S/C36H50F3NO6/c1-19(8-10-25-11-9-20(2)33(40-25)36(37,38)39)27-12-13-28-32-29(18-31(35(27,28)7)46-23(5)43)34(6)15-14-26(44-21(3)41)16-24(34)17-30(32)45-22(4)42/h9,11,19,24,26-32H,8,10,12-18H2,1-7H3/t19-,24+,26-,27-,28+,29?,30-,31+,32+,34+,35-/m1/s1. The molecule has 4 aliphatic rings. The van der Waals surface area contributed by atoms with Gasteiger partial charge in [-0.2, -0.15) is 13.2 Å². The third-order valence-electron chi connectivity index (χ3n) is 12.7. The lowest BCUT2D eigenvalue weighted by molar-refractivity contribution is -0.224. The van der Waals surface area contributed by atoms with Crippen molar-refractivity contribution in [3.8, 4) is 0 Å². The third-order valence-corrected chi connectivity index (χ3v) is 12.7. The van der Waals surface area contributed by atoms with Gasteiger partial charge in [0.2, 0.25) is 0 Å². The van der Waals surface area contributed by atoms with Crippen LogP contribution >= 0.6 is 0 Å². The number of fused-ring (bicyclic) bond motifs is 5. The first-order chi connectivity index (χ1) is 21.4. The minimum absolute atomic E-state index is 0.0886. The van der Waals surface area contributed by atoms with Gasteiger partial charge in [-0.05, 0) is 111 Å². The third kappa shape index (κ3) is 6.43. The van der Waals surface area contributed by atoms with E-state index >= 15 is 0 Å². The van der Waals surface area contributed by atoms with Crippen molar-refractivity contribution in [2.24, 2.45) is 46.3 Å². The summed E-state index contributed by atoms with van der Waals surface area (Å²) in [5, 5.41) is 0. The Balaban J connectivity index is 1.44. The number of hydrogen-bond donors (Lipinski definition) is 0. The summed E-state index contributed by atoms with van der Waals surface area (Å²) in [6.07, 6.45) is 1.36. The molecule has 4 saturated carbocycles. The molecule has 46 heavy (non-hydrogen) atoms. The molecule has 0 aromatic carbocycles. The first-order valence-electron chi connectivity index (χ1n) is 17.0. The molecule has 1 heterocycles. The average Bonchev–Trinajstić information content (AvgIpc) is 3.30. The zero-order valence-electron chi connectivity index (χ0n) is 28.2. The number of pyridine rings is 1. The fourth-order valence-corrected chi connectivity index (χ4v) is 10.7. The monoisotopic (exact) mass is 649 g/mol. The molecule has 0 N–H and O–H groups in total. The SMILES string of the molecule is CC(=O)O[C@@H]1CC[C@]2(C)C3C[C@H](OC(C)=O)[C@]4(C)[C@@H]([C@H](C)CCc5ccc(C)c(C(F)(F)F)n5)CC[C@H]4[C@@H]3[C@H](OC(C)=O)C[C@@H]2C1. The molecule has 5 rings (SSSR count). The summed E-state index contributed by atoms with van der Waals surface area (Å²) in [4.78, 5) is 40.9. The normalized spacial score (nSPS) is 37.7. The maximum absolute atomic E-state index is 13.5. The molecule has 0 amide bonds. The number of aromatic nitrogens is 1. The number of ether oxygens (including phenoxy) is 3. The van der Waals surface area contributed by atoms with E-state index in [-0.39, 0.29) is 88.1 Å². The van der Waals surface area contributed by atoms with Gasteiger partial charge < -0.3 is 14.2 Å². The lowest BCUT2D eigenvalue weighted by Gasteiger charge is -2.64. The molecule has 10 heteroatoms. The second kappa shape index (κ2) is 12.8. The van der Waals surface area contributed by atoms with Crippen molar-refractivity contribution in [1.29, 1.82) is 0 Å². The summed E-state index contributed by atoms with van der Waals surface area (Å²) in [5.74, 6) is -0.0244. The van der Waals surface area contributed by atoms with Gasteiger partial charge in [-0.15, -0.1) is 0 Å². The minimum atomic E-state index is -4.50. The van der Waals surface area contributed by atoms with Crippen LogP contribution in [0.2, 0.25) is 0 Å². The first-order valence-corrected chi connectivity index (χ1v) is 17.0. The largest absolute Gasteiger partial charge is 0.463 e. The van der Waals surface area contributed by atoms with Crippen LogP contribution in [0.15, 0.2) is 12.1 Å². The van der Waals surface area contributed by atoms with E-state index in [0.717, 1.165) is 32.1 Å². The Labute approximate surface area is 270 Å². The molecule has 0 spiro atoms. The van der Waals surface area contributed by atoms with Crippen LogP contribution in [0, 0.1) is 53.3 Å². The zero-order valence-corrected chi connectivity index (χ0v) is 28.2. The highest BCUT2D eigenvalue weighted by molar-refractivity contribution is 5.67. The second-order valence-electron chi connectivity index (χ2n) is 15.2. The highest BCUT2D eigenvalue weighted by Crippen LogP contribution is 2.69. The number of aryl methyl sites for hydroxylation is 2. The minimum Gasteiger partial charge on any atom is -0.463 e. The van der Waals surface area contributed by atoms with E-state index in [2.05, 4.69) is 25.8 Å². The average molecular weight is 650 g/mol. The molecule has 7 nitrogen and oxygen atoms in total. The van der Waals surface area contributed by atoms with E-state index < -0.39 is 11.9 Å². The fourth-order valence-electron chi connectivity index (χ4n) is 10.7. The van der Waals surface area contributed by atoms with Gasteiger partial charge in [0.05, 0.1) is 0 Å². The highest BCUT2D eigenvalue weighted by atomic mass is 19.4.